The molecule has 0 atom stereocenters. The van der Waals surface area contributed by atoms with Gasteiger partial charge in [0.25, 0.3) is 0 Å². The topological polar surface area (TPSA) is 36.6 Å². The van der Waals surface area contributed by atoms with Crippen LogP contribution in [0.25, 0.3) is 0 Å². The summed E-state index contributed by atoms with van der Waals surface area (Å²) >= 11 is 0. The lowest BCUT2D eigenvalue weighted by Crippen LogP contribution is -2.40. The molecular formula is C14H21NO2. The number of aliphatic hydroxyl groups is 1. The van der Waals surface area contributed by atoms with Crippen LogP contribution >= 0.6 is 0 Å². The lowest BCUT2D eigenvalue weighted by atomic mass is 9.92. The Morgan fingerprint density at radius 2 is 1.76 bits per heavy atom. The summed E-state index contributed by atoms with van der Waals surface area (Å²) in [6.45, 7) is 0.943. The largest absolute Gasteiger partial charge is 0.468 e. The molecule has 1 aromatic heterocycles. The van der Waals surface area contributed by atoms with Gasteiger partial charge in [-0.15, -0.1) is 0 Å². The van der Waals surface area contributed by atoms with Crippen LogP contribution in [0.3, 0.4) is 0 Å². The molecule has 3 rings (SSSR count). The van der Waals surface area contributed by atoms with E-state index in [9.17, 15) is 5.11 Å². The first-order chi connectivity index (χ1) is 8.33. The molecule has 0 saturated heterocycles. The number of hydrogen-bond acceptors (Lipinski definition) is 3. The highest BCUT2D eigenvalue weighted by Crippen LogP contribution is 2.34. The van der Waals surface area contributed by atoms with Crippen molar-refractivity contribution in [1.82, 2.24) is 4.90 Å². The number of furan rings is 1. The van der Waals surface area contributed by atoms with Crippen LogP contribution in [0, 0.1) is 0 Å². The third-order valence-corrected chi connectivity index (χ3v) is 4.07. The zero-order valence-corrected chi connectivity index (χ0v) is 10.2. The molecule has 3 nitrogen and oxygen atoms in total. The summed E-state index contributed by atoms with van der Waals surface area (Å²) in [4.78, 5) is 2.60. The SMILES string of the molecule is OC1CCC(N(Cc2ccco2)C2CC2)CC1. The summed E-state index contributed by atoms with van der Waals surface area (Å²) in [5, 5.41) is 9.58. The summed E-state index contributed by atoms with van der Waals surface area (Å²) in [5.41, 5.74) is 0. The fourth-order valence-electron chi connectivity index (χ4n) is 2.93. The minimum Gasteiger partial charge on any atom is -0.468 e. The van der Waals surface area contributed by atoms with Crippen molar-refractivity contribution >= 4 is 0 Å². The van der Waals surface area contributed by atoms with Gasteiger partial charge >= 0.3 is 0 Å². The fourth-order valence-corrected chi connectivity index (χ4v) is 2.93. The average molecular weight is 235 g/mol. The second kappa shape index (κ2) is 4.83. The summed E-state index contributed by atoms with van der Waals surface area (Å²) < 4.78 is 5.46. The Labute approximate surface area is 102 Å². The van der Waals surface area contributed by atoms with Crippen LogP contribution in [0.2, 0.25) is 0 Å². The van der Waals surface area contributed by atoms with Crippen molar-refractivity contribution in [2.45, 2.75) is 63.3 Å². The lowest BCUT2D eigenvalue weighted by molar-refractivity contribution is 0.0630. The zero-order chi connectivity index (χ0) is 11.7. The first-order valence-corrected chi connectivity index (χ1v) is 6.79. The van der Waals surface area contributed by atoms with Gasteiger partial charge in [0.2, 0.25) is 0 Å². The highest BCUT2D eigenvalue weighted by atomic mass is 16.3. The molecule has 2 fully saturated rings. The Hall–Kier alpha value is -0.800. The normalized spacial score (nSPS) is 29.8. The van der Waals surface area contributed by atoms with E-state index in [2.05, 4.69) is 11.0 Å². The van der Waals surface area contributed by atoms with E-state index < -0.39 is 0 Å². The molecule has 1 aromatic rings. The Bertz CT molecular complexity index is 337. The fraction of sp³-hybridized carbons (Fsp3) is 0.714. The molecule has 0 radical (unpaired) electrons. The van der Waals surface area contributed by atoms with Gasteiger partial charge < -0.3 is 9.52 Å². The van der Waals surface area contributed by atoms with Gasteiger partial charge in [0.15, 0.2) is 0 Å². The molecule has 17 heavy (non-hydrogen) atoms. The molecule has 0 amide bonds. The van der Waals surface area contributed by atoms with E-state index in [1.165, 1.54) is 12.8 Å². The molecule has 0 spiro atoms. The third-order valence-electron chi connectivity index (χ3n) is 4.07. The maximum atomic E-state index is 9.58. The average Bonchev–Trinajstić information content (AvgIpc) is 3.05. The van der Waals surface area contributed by atoms with Crippen LogP contribution in [0.1, 0.15) is 44.3 Å². The van der Waals surface area contributed by atoms with E-state index in [0.29, 0.717) is 6.04 Å². The van der Waals surface area contributed by atoms with Gasteiger partial charge in [-0.3, -0.25) is 4.90 Å². The van der Waals surface area contributed by atoms with E-state index in [1.54, 1.807) is 6.26 Å². The molecule has 1 N–H and O–H groups in total. The van der Waals surface area contributed by atoms with E-state index in [0.717, 1.165) is 44.0 Å². The first kappa shape index (κ1) is 11.3. The summed E-state index contributed by atoms with van der Waals surface area (Å²) in [6.07, 6.45) is 8.57. The van der Waals surface area contributed by atoms with Crippen molar-refractivity contribution < 1.29 is 9.52 Å². The van der Waals surface area contributed by atoms with Crippen LogP contribution in [-0.4, -0.2) is 28.2 Å². The summed E-state index contributed by atoms with van der Waals surface area (Å²) in [7, 11) is 0. The van der Waals surface area contributed by atoms with Gasteiger partial charge in [-0.05, 0) is 50.7 Å². The van der Waals surface area contributed by atoms with Crippen molar-refractivity contribution in [3.63, 3.8) is 0 Å². The van der Waals surface area contributed by atoms with Gasteiger partial charge in [-0.1, -0.05) is 0 Å². The van der Waals surface area contributed by atoms with Crippen LogP contribution in [0.15, 0.2) is 22.8 Å². The Morgan fingerprint density at radius 1 is 1.12 bits per heavy atom. The smallest absolute Gasteiger partial charge is 0.117 e. The number of nitrogens with zero attached hydrogens (tertiary/aromatic N) is 1. The Balaban J connectivity index is 1.63. The minimum absolute atomic E-state index is 0.0593. The van der Waals surface area contributed by atoms with Gasteiger partial charge in [0, 0.05) is 12.1 Å². The monoisotopic (exact) mass is 235 g/mol. The standard InChI is InChI=1S/C14H21NO2/c16-13-7-5-12(6-8-13)15(11-3-4-11)10-14-2-1-9-17-14/h1-2,9,11-13,16H,3-8,10H2. The highest BCUT2D eigenvalue weighted by molar-refractivity contribution is 5.01. The third kappa shape index (κ3) is 2.72. The summed E-state index contributed by atoms with van der Waals surface area (Å²) in [5.74, 6) is 1.07. The van der Waals surface area contributed by atoms with Gasteiger partial charge in [-0.2, -0.15) is 0 Å². The predicted molar refractivity (Wildman–Crippen MR) is 65.5 cm³/mol. The lowest BCUT2D eigenvalue weighted by Gasteiger charge is -2.35. The Morgan fingerprint density at radius 3 is 2.29 bits per heavy atom. The van der Waals surface area contributed by atoms with Crippen molar-refractivity contribution in [3.8, 4) is 0 Å². The molecule has 94 valence electrons. The molecular weight excluding hydrogens is 214 g/mol. The van der Waals surface area contributed by atoms with Crippen molar-refractivity contribution in [3.05, 3.63) is 24.2 Å². The molecule has 1 heterocycles. The summed E-state index contributed by atoms with van der Waals surface area (Å²) in [6, 6.07) is 5.44. The first-order valence-electron chi connectivity index (χ1n) is 6.79. The quantitative estimate of drug-likeness (QED) is 0.871. The van der Waals surface area contributed by atoms with Crippen molar-refractivity contribution in [1.29, 1.82) is 0 Å². The molecule has 0 unspecified atom stereocenters. The Kier molecular flexibility index (Phi) is 3.21. The number of aliphatic hydroxyl groups excluding tert-OH is 1. The predicted octanol–water partition coefficient (Wildman–Crippen LogP) is 2.55. The molecule has 0 aromatic carbocycles. The second-order valence-corrected chi connectivity index (χ2v) is 5.45. The van der Waals surface area contributed by atoms with E-state index in [1.807, 2.05) is 6.07 Å². The second-order valence-electron chi connectivity index (χ2n) is 5.45. The zero-order valence-electron chi connectivity index (χ0n) is 10.2. The number of hydrogen-bond donors (Lipinski definition) is 1. The van der Waals surface area contributed by atoms with Crippen molar-refractivity contribution in [2.75, 3.05) is 0 Å². The molecule has 0 aliphatic heterocycles. The van der Waals surface area contributed by atoms with Gasteiger partial charge in [-0.25, -0.2) is 0 Å². The molecule has 2 saturated carbocycles. The maximum absolute atomic E-state index is 9.58. The van der Waals surface area contributed by atoms with Crippen LogP contribution in [0.5, 0.6) is 0 Å². The van der Waals surface area contributed by atoms with Crippen LogP contribution in [0.4, 0.5) is 0 Å². The molecule has 2 aliphatic rings. The molecule has 0 bridgehead atoms. The minimum atomic E-state index is -0.0593. The van der Waals surface area contributed by atoms with Gasteiger partial charge in [0.1, 0.15) is 5.76 Å². The van der Waals surface area contributed by atoms with Crippen LogP contribution < -0.4 is 0 Å². The molecule has 3 heteroatoms. The van der Waals surface area contributed by atoms with Crippen LogP contribution in [-0.2, 0) is 6.54 Å². The van der Waals surface area contributed by atoms with E-state index in [-0.39, 0.29) is 6.10 Å². The van der Waals surface area contributed by atoms with Crippen molar-refractivity contribution in [2.24, 2.45) is 0 Å². The maximum Gasteiger partial charge on any atom is 0.117 e. The highest BCUT2D eigenvalue weighted by Gasteiger charge is 2.35. The van der Waals surface area contributed by atoms with E-state index in [4.69, 9.17) is 4.42 Å². The van der Waals surface area contributed by atoms with E-state index >= 15 is 0 Å². The number of rotatable bonds is 4. The molecule has 2 aliphatic carbocycles. The van der Waals surface area contributed by atoms with Gasteiger partial charge in [0.05, 0.1) is 18.9 Å².